The summed E-state index contributed by atoms with van der Waals surface area (Å²) in [6.07, 6.45) is 0.725. The summed E-state index contributed by atoms with van der Waals surface area (Å²) < 4.78 is 16.6. The van der Waals surface area contributed by atoms with Crippen molar-refractivity contribution in [3.05, 3.63) is 71.1 Å². The summed E-state index contributed by atoms with van der Waals surface area (Å²) in [5.41, 5.74) is 3.27. The molecule has 2 aromatic carbocycles. The summed E-state index contributed by atoms with van der Waals surface area (Å²) in [7, 11) is 0. The van der Waals surface area contributed by atoms with E-state index in [9.17, 15) is 0 Å². The molecular formula is C22H19N3O3S2. The lowest BCUT2D eigenvalue weighted by Crippen LogP contribution is -1.98. The zero-order valence-corrected chi connectivity index (χ0v) is 17.9. The molecule has 1 aliphatic rings. The molecule has 8 heteroatoms. The number of ether oxygens (including phenoxy) is 2. The number of fused-ring (bicyclic) bond motifs is 1. The van der Waals surface area contributed by atoms with Crippen LogP contribution in [0.1, 0.15) is 30.0 Å². The van der Waals surface area contributed by atoms with Crippen LogP contribution in [-0.4, -0.2) is 22.0 Å². The predicted molar refractivity (Wildman–Crippen MR) is 116 cm³/mol. The summed E-state index contributed by atoms with van der Waals surface area (Å²) in [5.74, 6) is 3.21. The molecule has 0 aliphatic carbocycles. The van der Waals surface area contributed by atoms with Crippen molar-refractivity contribution < 1.29 is 13.9 Å². The first kappa shape index (κ1) is 19.1. The Morgan fingerprint density at radius 1 is 1.07 bits per heavy atom. The SMILES string of the molecule is CC(Cc1nnc(SCc2csc(-c3ccc4c(c3)OCO4)n2)o1)c1ccccc1. The van der Waals surface area contributed by atoms with E-state index < -0.39 is 0 Å². The molecule has 30 heavy (non-hydrogen) atoms. The molecule has 3 heterocycles. The van der Waals surface area contributed by atoms with Crippen LogP contribution in [0.2, 0.25) is 0 Å². The average Bonchev–Trinajstić information content (AvgIpc) is 3.53. The van der Waals surface area contributed by atoms with Crippen molar-refractivity contribution in [1.29, 1.82) is 0 Å². The van der Waals surface area contributed by atoms with E-state index in [1.54, 1.807) is 11.3 Å². The van der Waals surface area contributed by atoms with Gasteiger partial charge in [-0.2, -0.15) is 0 Å². The maximum Gasteiger partial charge on any atom is 0.276 e. The van der Waals surface area contributed by atoms with Gasteiger partial charge in [0.25, 0.3) is 5.22 Å². The molecule has 152 valence electrons. The standard InChI is InChI=1S/C22H19N3O3S2/c1-14(15-5-3-2-4-6-15)9-20-24-25-22(28-20)30-12-17-11-29-21(23-17)16-7-8-18-19(10-16)27-13-26-18/h2-8,10-11,14H,9,12-13H2,1H3. The first-order valence-corrected chi connectivity index (χ1v) is 11.5. The molecule has 1 aliphatic heterocycles. The maximum absolute atomic E-state index is 5.83. The molecule has 4 aromatic rings. The number of hydrogen-bond donors (Lipinski definition) is 0. The minimum atomic E-state index is 0.273. The van der Waals surface area contributed by atoms with Gasteiger partial charge in [0.1, 0.15) is 5.01 Å². The van der Waals surface area contributed by atoms with E-state index in [0.29, 0.717) is 22.8 Å². The van der Waals surface area contributed by atoms with Gasteiger partial charge in [0.15, 0.2) is 11.5 Å². The van der Waals surface area contributed by atoms with Gasteiger partial charge in [0.05, 0.1) is 5.69 Å². The first-order chi connectivity index (χ1) is 14.7. The van der Waals surface area contributed by atoms with Crippen LogP contribution < -0.4 is 9.47 Å². The summed E-state index contributed by atoms with van der Waals surface area (Å²) in [4.78, 5) is 4.73. The largest absolute Gasteiger partial charge is 0.454 e. The monoisotopic (exact) mass is 437 g/mol. The van der Waals surface area contributed by atoms with Crippen LogP contribution in [0.25, 0.3) is 10.6 Å². The summed E-state index contributed by atoms with van der Waals surface area (Å²) in [6.45, 7) is 2.44. The van der Waals surface area contributed by atoms with E-state index in [1.165, 1.54) is 17.3 Å². The van der Waals surface area contributed by atoms with Crippen molar-refractivity contribution in [1.82, 2.24) is 15.2 Å². The molecular weight excluding hydrogens is 418 g/mol. The number of hydrogen-bond acceptors (Lipinski definition) is 8. The number of thiazole rings is 1. The molecule has 0 saturated carbocycles. The number of rotatable bonds is 7. The third-order valence-corrected chi connectivity index (χ3v) is 6.60. The van der Waals surface area contributed by atoms with Crippen LogP contribution in [-0.2, 0) is 12.2 Å². The minimum absolute atomic E-state index is 0.273. The molecule has 0 saturated heterocycles. The predicted octanol–water partition coefficient (Wildman–Crippen LogP) is 5.56. The van der Waals surface area contributed by atoms with E-state index >= 15 is 0 Å². The van der Waals surface area contributed by atoms with Crippen molar-refractivity contribution in [3.8, 4) is 22.1 Å². The molecule has 0 bridgehead atoms. The third kappa shape index (κ3) is 4.20. The average molecular weight is 438 g/mol. The minimum Gasteiger partial charge on any atom is -0.454 e. The van der Waals surface area contributed by atoms with Gasteiger partial charge >= 0.3 is 0 Å². The molecule has 6 nitrogen and oxygen atoms in total. The van der Waals surface area contributed by atoms with E-state index in [2.05, 4.69) is 34.6 Å². The Bertz CT molecular complexity index is 1140. The smallest absolute Gasteiger partial charge is 0.276 e. The highest BCUT2D eigenvalue weighted by molar-refractivity contribution is 7.98. The Labute approximate surface area is 182 Å². The Kier molecular flexibility index (Phi) is 5.42. The highest BCUT2D eigenvalue weighted by atomic mass is 32.2. The molecule has 2 aromatic heterocycles. The zero-order chi connectivity index (χ0) is 20.3. The number of benzene rings is 2. The fourth-order valence-corrected chi connectivity index (χ4v) is 4.81. The third-order valence-electron chi connectivity index (χ3n) is 4.81. The Morgan fingerprint density at radius 2 is 1.93 bits per heavy atom. The van der Waals surface area contributed by atoms with Crippen LogP contribution >= 0.6 is 23.1 Å². The maximum atomic E-state index is 5.83. The van der Waals surface area contributed by atoms with Gasteiger partial charge in [0, 0.05) is 23.1 Å². The number of thioether (sulfide) groups is 1. The highest BCUT2D eigenvalue weighted by Gasteiger charge is 2.16. The lowest BCUT2D eigenvalue weighted by atomic mass is 9.98. The molecule has 5 rings (SSSR count). The Hall–Kier alpha value is -2.84. The van der Waals surface area contributed by atoms with Crippen molar-refractivity contribution in [2.24, 2.45) is 0 Å². The van der Waals surface area contributed by atoms with Crippen LogP contribution in [0.15, 0.2) is 63.6 Å². The van der Waals surface area contributed by atoms with E-state index in [4.69, 9.17) is 18.9 Å². The second kappa shape index (κ2) is 8.49. The molecule has 1 unspecified atom stereocenters. The second-order valence-corrected chi connectivity index (χ2v) is 8.76. The van der Waals surface area contributed by atoms with E-state index in [1.807, 2.05) is 36.4 Å². The van der Waals surface area contributed by atoms with Gasteiger partial charge in [-0.1, -0.05) is 49.0 Å². The fourth-order valence-electron chi connectivity index (χ4n) is 3.21. The normalized spacial score (nSPS) is 13.5. The van der Waals surface area contributed by atoms with Crippen molar-refractivity contribution in [2.45, 2.75) is 30.2 Å². The lowest BCUT2D eigenvalue weighted by molar-refractivity contribution is 0.174. The zero-order valence-electron chi connectivity index (χ0n) is 16.3. The van der Waals surface area contributed by atoms with E-state index in [0.717, 1.165) is 34.2 Å². The van der Waals surface area contributed by atoms with Gasteiger partial charge in [-0.05, 0) is 29.7 Å². The fraction of sp³-hybridized carbons (Fsp3) is 0.227. The van der Waals surface area contributed by atoms with E-state index in [-0.39, 0.29) is 6.79 Å². The van der Waals surface area contributed by atoms with Gasteiger partial charge in [0.2, 0.25) is 12.7 Å². The number of nitrogens with zero attached hydrogens (tertiary/aromatic N) is 3. The van der Waals surface area contributed by atoms with Gasteiger partial charge in [-0.15, -0.1) is 21.5 Å². The quantitative estimate of drug-likeness (QED) is 0.351. The lowest BCUT2D eigenvalue weighted by Gasteiger charge is -2.08. The molecule has 0 amide bonds. The van der Waals surface area contributed by atoms with Crippen LogP contribution in [0.4, 0.5) is 0 Å². The molecule has 0 N–H and O–H groups in total. The number of aromatic nitrogens is 3. The van der Waals surface area contributed by atoms with Crippen molar-refractivity contribution in [2.75, 3.05) is 6.79 Å². The molecule has 0 fully saturated rings. The summed E-state index contributed by atoms with van der Waals surface area (Å²) in [5, 5.41) is 12.0. The van der Waals surface area contributed by atoms with Gasteiger partial charge in [-0.25, -0.2) is 4.98 Å². The van der Waals surface area contributed by atoms with Gasteiger partial charge < -0.3 is 13.9 Å². The summed E-state index contributed by atoms with van der Waals surface area (Å²) in [6, 6.07) is 16.3. The van der Waals surface area contributed by atoms with Crippen LogP contribution in [0, 0.1) is 0 Å². The summed E-state index contributed by atoms with van der Waals surface area (Å²) >= 11 is 3.11. The Balaban J connectivity index is 1.19. The van der Waals surface area contributed by atoms with Crippen molar-refractivity contribution in [3.63, 3.8) is 0 Å². The molecule has 0 radical (unpaired) electrons. The first-order valence-electron chi connectivity index (χ1n) is 9.59. The molecule has 0 spiro atoms. The van der Waals surface area contributed by atoms with Crippen LogP contribution in [0.3, 0.4) is 0 Å². The highest BCUT2D eigenvalue weighted by Crippen LogP contribution is 2.37. The Morgan fingerprint density at radius 3 is 2.83 bits per heavy atom. The topological polar surface area (TPSA) is 70.3 Å². The van der Waals surface area contributed by atoms with Crippen LogP contribution in [0.5, 0.6) is 11.5 Å². The molecule has 1 atom stereocenters. The van der Waals surface area contributed by atoms with Crippen molar-refractivity contribution >= 4 is 23.1 Å². The van der Waals surface area contributed by atoms with Gasteiger partial charge in [-0.3, -0.25) is 0 Å². The second-order valence-electron chi connectivity index (χ2n) is 6.98.